The number of benzene rings is 2. The summed E-state index contributed by atoms with van der Waals surface area (Å²) < 4.78 is 55.9. The van der Waals surface area contributed by atoms with Crippen molar-refractivity contribution in [3.63, 3.8) is 0 Å². The van der Waals surface area contributed by atoms with Gasteiger partial charge >= 0.3 is 6.18 Å². The number of carbonyl (C=O) groups excluding carboxylic acids is 1. The molecule has 1 atom stereocenters. The third kappa shape index (κ3) is 3.36. The molecule has 0 radical (unpaired) electrons. The highest BCUT2D eigenvalue weighted by Crippen LogP contribution is 2.49. The monoisotopic (exact) mass is 427 g/mol. The largest absolute Gasteiger partial charge is 0.416 e. The van der Waals surface area contributed by atoms with Crippen molar-refractivity contribution < 1.29 is 22.4 Å². The lowest BCUT2D eigenvalue weighted by Crippen LogP contribution is -2.39. The summed E-state index contributed by atoms with van der Waals surface area (Å²) in [6.45, 7) is 0. The molecule has 0 spiro atoms. The Labute approximate surface area is 175 Å². The highest BCUT2D eigenvalue weighted by molar-refractivity contribution is 6.01. The zero-order valence-corrected chi connectivity index (χ0v) is 16.2. The number of anilines is 1. The van der Waals surface area contributed by atoms with Crippen molar-refractivity contribution in [1.82, 2.24) is 0 Å². The Morgan fingerprint density at radius 3 is 2.42 bits per heavy atom. The van der Waals surface area contributed by atoms with Gasteiger partial charge in [0.2, 0.25) is 0 Å². The lowest BCUT2D eigenvalue weighted by molar-refractivity contribution is -0.138. The molecule has 8 heteroatoms. The summed E-state index contributed by atoms with van der Waals surface area (Å²) in [7, 11) is 0. The van der Waals surface area contributed by atoms with Crippen molar-refractivity contribution in [3.05, 3.63) is 88.1 Å². The van der Waals surface area contributed by atoms with Gasteiger partial charge in [0.15, 0.2) is 5.78 Å². The molecule has 0 saturated heterocycles. The topological polar surface area (TPSA) is 70.1 Å². The van der Waals surface area contributed by atoms with Crippen LogP contribution < -0.4 is 10.6 Å². The highest BCUT2D eigenvalue weighted by atomic mass is 19.4. The van der Waals surface area contributed by atoms with Gasteiger partial charge in [-0.25, -0.2) is 4.39 Å². The van der Waals surface area contributed by atoms with Crippen molar-refractivity contribution >= 4 is 11.5 Å². The van der Waals surface area contributed by atoms with Gasteiger partial charge in [-0.15, -0.1) is 0 Å². The van der Waals surface area contributed by atoms with E-state index in [0.717, 1.165) is 6.07 Å². The number of rotatable bonds is 2. The molecule has 1 aliphatic carbocycles. The van der Waals surface area contributed by atoms with Crippen LogP contribution in [-0.4, -0.2) is 5.78 Å². The van der Waals surface area contributed by atoms with Gasteiger partial charge < -0.3 is 5.73 Å². The van der Waals surface area contributed by atoms with E-state index >= 15 is 0 Å². The lowest BCUT2D eigenvalue weighted by atomic mass is 9.74. The Kier molecular flexibility index (Phi) is 5.05. The van der Waals surface area contributed by atoms with E-state index in [9.17, 15) is 27.6 Å². The summed E-state index contributed by atoms with van der Waals surface area (Å²) in [5, 5.41) is 9.87. The van der Waals surface area contributed by atoms with Crippen LogP contribution in [0.4, 0.5) is 23.2 Å². The Hall–Kier alpha value is -3.60. The van der Waals surface area contributed by atoms with Crippen LogP contribution in [-0.2, 0) is 11.0 Å². The van der Waals surface area contributed by atoms with Crippen LogP contribution in [0.15, 0.2) is 71.2 Å². The minimum Gasteiger partial charge on any atom is -0.384 e. The van der Waals surface area contributed by atoms with Crippen molar-refractivity contribution in [2.75, 3.05) is 4.90 Å². The molecule has 0 fully saturated rings. The second-order valence-electron chi connectivity index (χ2n) is 7.35. The Balaban J connectivity index is 2.03. The van der Waals surface area contributed by atoms with Crippen molar-refractivity contribution in [3.8, 4) is 6.07 Å². The van der Waals surface area contributed by atoms with Crippen molar-refractivity contribution in [1.29, 1.82) is 5.26 Å². The molecule has 0 unspecified atom stereocenters. The maximum atomic E-state index is 14.6. The Morgan fingerprint density at radius 2 is 1.74 bits per heavy atom. The number of nitrogens with two attached hydrogens (primary N) is 1. The van der Waals surface area contributed by atoms with Gasteiger partial charge in [0.1, 0.15) is 11.6 Å². The molecule has 0 saturated carbocycles. The third-order valence-corrected chi connectivity index (χ3v) is 5.58. The number of para-hydroxylation sites is 1. The van der Waals surface area contributed by atoms with E-state index in [2.05, 4.69) is 0 Å². The van der Waals surface area contributed by atoms with E-state index in [1.165, 1.54) is 41.3 Å². The molecule has 0 bridgehead atoms. The van der Waals surface area contributed by atoms with Crippen molar-refractivity contribution in [2.45, 2.75) is 31.4 Å². The van der Waals surface area contributed by atoms with E-state index < -0.39 is 23.5 Å². The minimum absolute atomic E-state index is 0.0394. The van der Waals surface area contributed by atoms with Gasteiger partial charge in [0.25, 0.3) is 0 Å². The SMILES string of the molecule is N#CC1=C(N)N(c2ccccc2F)C2=C(C(=O)CCC2)[C@H]1c1ccccc1C(F)(F)F. The van der Waals surface area contributed by atoms with E-state index in [0.29, 0.717) is 18.5 Å². The number of halogens is 4. The summed E-state index contributed by atoms with van der Waals surface area (Å²) >= 11 is 0. The smallest absolute Gasteiger partial charge is 0.384 e. The second-order valence-corrected chi connectivity index (χ2v) is 7.35. The molecular weight excluding hydrogens is 410 g/mol. The predicted octanol–water partition coefficient (Wildman–Crippen LogP) is 5.15. The summed E-state index contributed by atoms with van der Waals surface area (Å²) in [5.41, 5.74) is 5.33. The molecule has 1 heterocycles. The lowest BCUT2D eigenvalue weighted by Gasteiger charge is -2.40. The first kappa shape index (κ1) is 20.7. The fourth-order valence-electron chi connectivity index (χ4n) is 4.31. The van der Waals surface area contributed by atoms with Gasteiger partial charge in [-0.3, -0.25) is 9.69 Å². The zero-order valence-electron chi connectivity index (χ0n) is 16.2. The van der Waals surface area contributed by atoms with E-state index in [4.69, 9.17) is 5.73 Å². The van der Waals surface area contributed by atoms with Gasteiger partial charge in [-0.2, -0.15) is 18.4 Å². The average molecular weight is 427 g/mol. The quantitative estimate of drug-likeness (QED) is 0.673. The number of nitriles is 1. The first-order valence-electron chi connectivity index (χ1n) is 9.62. The summed E-state index contributed by atoms with van der Waals surface area (Å²) in [6.07, 6.45) is -3.79. The summed E-state index contributed by atoms with van der Waals surface area (Å²) in [5.74, 6) is -2.44. The van der Waals surface area contributed by atoms with Crippen LogP contribution in [0, 0.1) is 17.1 Å². The number of alkyl halides is 3. The van der Waals surface area contributed by atoms with Crippen LogP contribution in [0.1, 0.15) is 36.3 Å². The van der Waals surface area contributed by atoms with Crippen LogP contribution in [0.2, 0.25) is 0 Å². The second kappa shape index (κ2) is 7.58. The molecule has 2 aromatic carbocycles. The number of allylic oxidation sites excluding steroid dienone is 3. The summed E-state index contributed by atoms with van der Waals surface area (Å²) in [6, 6.07) is 12.5. The fraction of sp³-hybridized carbons (Fsp3) is 0.217. The van der Waals surface area contributed by atoms with Gasteiger partial charge in [-0.05, 0) is 36.6 Å². The number of Topliss-reactive ketones (excluding diaryl/α,β-unsaturated/α-hetero) is 1. The molecule has 2 N–H and O–H groups in total. The maximum absolute atomic E-state index is 14.6. The highest BCUT2D eigenvalue weighted by Gasteiger charge is 2.44. The Bertz CT molecular complexity index is 1170. The molecule has 0 amide bonds. The first-order chi connectivity index (χ1) is 14.8. The van der Waals surface area contributed by atoms with Crippen molar-refractivity contribution in [2.24, 2.45) is 5.73 Å². The number of carbonyl (C=O) groups is 1. The third-order valence-electron chi connectivity index (χ3n) is 5.58. The number of hydrogen-bond acceptors (Lipinski definition) is 4. The molecule has 2 aromatic rings. The van der Waals surface area contributed by atoms with Gasteiger partial charge in [-0.1, -0.05) is 30.3 Å². The van der Waals surface area contributed by atoms with E-state index in [1.807, 2.05) is 6.07 Å². The predicted molar refractivity (Wildman–Crippen MR) is 106 cm³/mol. The van der Waals surface area contributed by atoms with Crippen LogP contribution in [0.3, 0.4) is 0 Å². The van der Waals surface area contributed by atoms with Gasteiger partial charge in [0, 0.05) is 17.7 Å². The normalized spacial score (nSPS) is 19.4. The van der Waals surface area contributed by atoms with E-state index in [-0.39, 0.29) is 40.4 Å². The molecule has 4 nitrogen and oxygen atoms in total. The molecule has 1 aliphatic heterocycles. The molecule has 2 aliphatic rings. The summed E-state index contributed by atoms with van der Waals surface area (Å²) in [4.78, 5) is 14.3. The molecule has 4 rings (SSSR count). The first-order valence-corrected chi connectivity index (χ1v) is 9.62. The number of hydrogen-bond donors (Lipinski definition) is 1. The van der Waals surface area contributed by atoms with E-state index in [1.54, 1.807) is 6.07 Å². The van der Waals surface area contributed by atoms with Crippen LogP contribution >= 0.6 is 0 Å². The van der Waals surface area contributed by atoms with Gasteiger partial charge in [0.05, 0.1) is 28.8 Å². The fourth-order valence-corrected chi connectivity index (χ4v) is 4.31. The molecule has 0 aromatic heterocycles. The van der Waals surface area contributed by atoms with Crippen LogP contribution in [0.25, 0.3) is 0 Å². The van der Waals surface area contributed by atoms with Crippen LogP contribution in [0.5, 0.6) is 0 Å². The average Bonchev–Trinajstić information content (AvgIpc) is 2.73. The zero-order chi connectivity index (χ0) is 22.3. The number of nitrogens with zero attached hydrogens (tertiary/aromatic N) is 2. The standard InChI is InChI=1S/C23H17F4N3O/c24-16-8-3-4-9-17(16)30-18-10-5-11-19(31)21(18)20(14(12-28)22(30)29)13-6-1-2-7-15(13)23(25,26)27/h1-4,6-9,20H,5,10-11,29H2/t20-/m0/s1. The number of ketones is 1. The molecular formula is C23H17F4N3O. The maximum Gasteiger partial charge on any atom is 0.416 e. The molecule has 158 valence electrons. The Morgan fingerprint density at radius 1 is 1.06 bits per heavy atom. The molecule has 31 heavy (non-hydrogen) atoms. The minimum atomic E-state index is -4.69.